The van der Waals surface area contributed by atoms with Gasteiger partial charge < -0.3 is 4.90 Å². The van der Waals surface area contributed by atoms with Gasteiger partial charge >= 0.3 is 6.18 Å². The number of alkyl halides is 4. The van der Waals surface area contributed by atoms with Crippen LogP contribution in [0.25, 0.3) is 28.3 Å². The minimum Gasteiger partial charge on any atom is -0.338 e. The standard InChI is InChI=1S/C28H26F4N6O2/c29-13-16-14-37(15-16)27(40)22-23(24-25(28(30,31)32)34-11-10-33-24)36-38-21(39)12-20(35-26(22)38)19-8-6-18(7-9-19)17-4-2-1-3-5-17/h6-12,16-17,36H,1-5,13-15H2. The Bertz CT molecular complexity index is 1620. The zero-order valence-electron chi connectivity index (χ0n) is 21.4. The quantitative estimate of drug-likeness (QED) is 0.340. The van der Waals surface area contributed by atoms with Gasteiger partial charge in [0, 0.05) is 43.0 Å². The molecule has 0 radical (unpaired) electrons. The normalized spacial score (nSPS) is 16.9. The number of carbonyl (C=O) groups is 1. The van der Waals surface area contributed by atoms with E-state index in [1.807, 2.05) is 24.3 Å². The van der Waals surface area contributed by atoms with Gasteiger partial charge in [-0.05, 0) is 24.3 Å². The number of likely N-dealkylation sites (tertiary alicyclic amines) is 1. The molecule has 1 amide bonds. The minimum absolute atomic E-state index is 0.102. The van der Waals surface area contributed by atoms with Crippen molar-refractivity contribution in [3.8, 4) is 22.6 Å². The number of halogens is 4. The van der Waals surface area contributed by atoms with Crippen LogP contribution in [-0.2, 0) is 6.18 Å². The Kier molecular flexibility index (Phi) is 6.63. The van der Waals surface area contributed by atoms with Gasteiger partial charge in [-0.2, -0.15) is 13.2 Å². The van der Waals surface area contributed by atoms with Crippen molar-refractivity contribution >= 4 is 11.6 Å². The van der Waals surface area contributed by atoms with Gasteiger partial charge in [0.15, 0.2) is 11.3 Å². The van der Waals surface area contributed by atoms with Crippen molar-refractivity contribution in [1.82, 2.24) is 29.5 Å². The highest BCUT2D eigenvalue weighted by Gasteiger charge is 2.40. The molecule has 1 saturated heterocycles. The van der Waals surface area contributed by atoms with Gasteiger partial charge in [0.2, 0.25) is 0 Å². The van der Waals surface area contributed by atoms with E-state index in [0.29, 0.717) is 11.5 Å². The molecule has 4 heterocycles. The SMILES string of the molecule is O=C(c1c(-c2nccnc2C(F)(F)F)[nH]n2c(=O)cc(-c3ccc(C4CCCCC4)cc3)nc12)N1CC(CF)C1. The maximum atomic E-state index is 13.8. The highest BCUT2D eigenvalue weighted by molar-refractivity contribution is 6.06. The molecule has 40 heavy (non-hydrogen) atoms. The number of aromatic amines is 1. The van der Waals surface area contributed by atoms with E-state index in [9.17, 15) is 27.2 Å². The number of H-pyrrole nitrogens is 1. The Hall–Kier alpha value is -4.09. The molecule has 8 nitrogen and oxygen atoms in total. The first-order chi connectivity index (χ1) is 19.2. The first-order valence-corrected chi connectivity index (χ1v) is 13.2. The summed E-state index contributed by atoms with van der Waals surface area (Å²) in [4.78, 5) is 40.0. The Balaban J connectivity index is 1.49. The third-order valence-corrected chi connectivity index (χ3v) is 7.78. The second-order valence-corrected chi connectivity index (χ2v) is 10.4. The molecular formula is C28H26F4N6O2. The van der Waals surface area contributed by atoms with Crippen molar-refractivity contribution in [2.45, 2.75) is 44.2 Å². The summed E-state index contributed by atoms with van der Waals surface area (Å²) in [7, 11) is 0. The third-order valence-electron chi connectivity index (χ3n) is 7.78. The van der Waals surface area contributed by atoms with Gasteiger partial charge in [-0.15, -0.1) is 0 Å². The highest BCUT2D eigenvalue weighted by atomic mass is 19.4. The Morgan fingerprint density at radius 2 is 1.73 bits per heavy atom. The van der Waals surface area contributed by atoms with Crippen molar-refractivity contribution < 1.29 is 22.4 Å². The molecule has 3 aromatic heterocycles. The van der Waals surface area contributed by atoms with E-state index < -0.39 is 35.7 Å². The number of benzene rings is 1. The van der Waals surface area contributed by atoms with E-state index in [0.717, 1.165) is 29.8 Å². The molecule has 0 atom stereocenters. The van der Waals surface area contributed by atoms with Gasteiger partial charge in [0.1, 0.15) is 11.3 Å². The van der Waals surface area contributed by atoms with Crippen LogP contribution in [0.15, 0.2) is 47.5 Å². The lowest BCUT2D eigenvalue weighted by Gasteiger charge is -2.37. The average molecular weight is 555 g/mol. The molecular weight excluding hydrogens is 528 g/mol. The lowest BCUT2D eigenvalue weighted by atomic mass is 9.84. The molecule has 6 rings (SSSR count). The molecule has 1 saturated carbocycles. The average Bonchev–Trinajstić information content (AvgIpc) is 3.33. The van der Waals surface area contributed by atoms with Crippen molar-refractivity contribution in [2.24, 2.45) is 5.92 Å². The van der Waals surface area contributed by atoms with Gasteiger partial charge in [-0.3, -0.25) is 24.1 Å². The molecule has 4 aromatic rings. The summed E-state index contributed by atoms with van der Waals surface area (Å²) in [5, 5.41) is 2.62. The van der Waals surface area contributed by atoms with Crippen LogP contribution in [0.1, 0.15) is 59.6 Å². The third kappa shape index (κ3) is 4.65. The number of hydrogen-bond donors (Lipinski definition) is 1. The summed E-state index contributed by atoms with van der Waals surface area (Å²) >= 11 is 0. The lowest BCUT2D eigenvalue weighted by Crippen LogP contribution is -2.50. The van der Waals surface area contributed by atoms with E-state index in [1.165, 1.54) is 35.8 Å². The molecule has 1 N–H and O–H groups in total. The summed E-state index contributed by atoms with van der Waals surface area (Å²) < 4.78 is 55.6. The van der Waals surface area contributed by atoms with Crippen molar-refractivity contribution in [3.05, 3.63) is 69.9 Å². The van der Waals surface area contributed by atoms with Gasteiger partial charge in [-0.25, -0.2) is 14.5 Å². The number of aromatic nitrogens is 5. The van der Waals surface area contributed by atoms with Crippen LogP contribution in [0.2, 0.25) is 0 Å². The number of rotatable bonds is 5. The summed E-state index contributed by atoms with van der Waals surface area (Å²) in [5.41, 5.74) is -1.15. The van der Waals surface area contributed by atoms with Crippen LogP contribution >= 0.6 is 0 Å². The molecule has 2 fully saturated rings. The molecule has 208 valence electrons. The lowest BCUT2D eigenvalue weighted by molar-refractivity contribution is -0.140. The number of fused-ring (bicyclic) bond motifs is 1. The van der Waals surface area contributed by atoms with Crippen molar-refractivity contribution in [3.63, 3.8) is 0 Å². The highest BCUT2D eigenvalue weighted by Crippen LogP contribution is 2.37. The molecule has 1 aliphatic heterocycles. The fourth-order valence-corrected chi connectivity index (χ4v) is 5.64. The van der Waals surface area contributed by atoms with Crippen LogP contribution in [-0.4, -0.2) is 55.1 Å². The second-order valence-electron chi connectivity index (χ2n) is 10.4. The van der Waals surface area contributed by atoms with Crippen LogP contribution in [0.3, 0.4) is 0 Å². The molecule has 0 unspecified atom stereocenters. The van der Waals surface area contributed by atoms with Gasteiger partial charge in [-0.1, -0.05) is 43.5 Å². The van der Waals surface area contributed by atoms with Crippen LogP contribution in [0.5, 0.6) is 0 Å². The van der Waals surface area contributed by atoms with Crippen LogP contribution in [0.4, 0.5) is 17.6 Å². The van der Waals surface area contributed by atoms with E-state index in [1.54, 1.807) is 0 Å². The predicted octanol–water partition coefficient (Wildman–Crippen LogP) is 5.25. The van der Waals surface area contributed by atoms with Crippen LogP contribution in [0, 0.1) is 5.92 Å². The Labute approximate surface area is 226 Å². The first kappa shape index (κ1) is 26.1. The summed E-state index contributed by atoms with van der Waals surface area (Å²) in [6, 6.07) is 9.01. The Morgan fingerprint density at radius 3 is 2.40 bits per heavy atom. The maximum absolute atomic E-state index is 13.8. The number of amides is 1. The predicted molar refractivity (Wildman–Crippen MR) is 138 cm³/mol. The number of carbonyl (C=O) groups excluding carboxylic acids is 1. The smallest absolute Gasteiger partial charge is 0.338 e. The monoisotopic (exact) mass is 554 g/mol. The Morgan fingerprint density at radius 1 is 1.02 bits per heavy atom. The fraction of sp³-hybridized carbons (Fsp3) is 0.393. The minimum atomic E-state index is -4.87. The fourth-order valence-electron chi connectivity index (χ4n) is 5.64. The molecule has 1 aliphatic carbocycles. The summed E-state index contributed by atoms with van der Waals surface area (Å²) in [6.07, 6.45) is 2.99. The van der Waals surface area contributed by atoms with Crippen LogP contribution < -0.4 is 5.56 Å². The first-order valence-electron chi connectivity index (χ1n) is 13.2. The maximum Gasteiger partial charge on any atom is 0.435 e. The van der Waals surface area contributed by atoms with Crippen molar-refractivity contribution in [2.75, 3.05) is 19.8 Å². The molecule has 2 aliphatic rings. The molecule has 0 bridgehead atoms. The summed E-state index contributed by atoms with van der Waals surface area (Å²) in [6.45, 7) is -0.415. The molecule has 12 heteroatoms. The largest absolute Gasteiger partial charge is 0.435 e. The topological polar surface area (TPSA) is 96.2 Å². The zero-order chi connectivity index (χ0) is 28.0. The number of nitrogens with zero attached hydrogens (tertiary/aromatic N) is 5. The van der Waals surface area contributed by atoms with Gasteiger partial charge in [0.25, 0.3) is 11.5 Å². The van der Waals surface area contributed by atoms with E-state index in [4.69, 9.17) is 0 Å². The number of nitrogens with one attached hydrogen (secondary N) is 1. The molecule has 0 spiro atoms. The van der Waals surface area contributed by atoms with Crippen molar-refractivity contribution in [1.29, 1.82) is 0 Å². The van der Waals surface area contributed by atoms with E-state index >= 15 is 0 Å². The summed E-state index contributed by atoms with van der Waals surface area (Å²) in [5.74, 6) is -0.539. The number of hydrogen-bond acceptors (Lipinski definition) is 5. The van der Waals surface area contributed by atoms with E-state index in [2.05, 4.69) is 20.1 Å². The molecule has 1 aromatic carbocycles. The van der Waals surface area contributed by atoms with Gasteiger partial charge in [0.05, 0.1) is 18.1 Å². The second kappa shape index (κ2) is 10.1. The van der Waals surface area contributed by atoms with E-state index in [-0.39, 0.29) is 41.6 Å². The zero-order valence-corrected chi connectivity index (χ0v) is 21.4.